The number of nitrogens with two attached hydrogens (primary N) is 1. The topological polar surface area (TPSA) is 92.9 Å². The van der Waals surface area contributed by atoms with Crippen molar-refractivity contribution >= 4 is 29.9 Å². The summed E-state index contributed by atoms with van der Waals surface area (Å²) >= 11 is 0. The van der Waals surface area contributed by atoms with Gasteiger partial charge in [0.25, 0.3) is 0 Å². The average molecular weight is 390 g/mol. The van der Waals surface area contributed by atoms with Crippen molar-refractivity contribution in [2.45, 2.75) is 19.0 Å². The molecule has 2 rings (SSSR count). The first-order valence-corrected chi connectivity index (χ1v) is 7.60. The zero-order valence-electron chi connectivity index (χ0n) is 13.7. The number of carbonyl (C=O) groups excluding carboxylic acids is 1. The van der Waals surface area contributed by atoms with E-state index in [9.17, 15) is 18.0 Å². The van der Waals surface area contributed by atoms with Crippen molar-refractivity contribution in [3.63, 3.8) is 0 Å². The molecular weight excluding hydrogens is 371 g/mol. The van der Waals surface area contributed by atoms with Gasteiger partial charge in [-0.3, -0.25) is 4.79 Å². The summed E-state index contributed by atoms with van der Waals surface area (Å²) in [5.74, 6) is -0.309. The van der Waals surface area contributed by atoms with E-state index >= 15 is 0 Å². The zero-order chi connectivity index (χ0) is 18.3. The molecule has 0 atom stereocenters. The van der Waals surface area contributed by atoms with Gasteiger partial charge < -0.3 is 16.4 Å². The highest BCUT2D eigenvalue weighted by atomic mass is 35.5. The first-order chi connectivity index (χ1) is 11.9. The summed E-state index contributed by atoms with van der Waals surface area (Å²) in [5, 5.41) is 5.31. The third-order valence-electron chi connectivity index (χ3n) is 3.35. The highest BCUT2D eigenvalue weighted by Crippen LogP contribution is 2.27. The molecule has 6 nitrogen and oxygen atoms in total. The van der Waals surface area contributed by atoms with Crippen molar-refractivity contribution in [1.82, 2.24) is 15.3 Å². The summed E-state index contributed by atoms with van der Waals surface area (Å²) < 4.78 is 37.6. The molecule has 2 aromatic rings. The lowest BCUT2D eigenvalue weighted by molar-refractivity contribution is -0.141. The Hall–Kier alpha value is -2.55. The molecule has 4 N–H and O–H groups in total. The number of nitrogen functional groups attached to an aromatic ring is 1. The maximum absolute atomic E-state index is 12.5. The van der Waals surface area contributed by atoms with Gasteiger partial charge in [-0.2, -0.15) is 13.2 Å². The number of halogens is 4. The number of rotatable bonds is 7. The third-order valence-corrected chi connectivity index (χ3v) is 3.35. The first kappa shape index (κ1) is 21.5. The minimum Gasteiger partial charge on any atom is -0.399 e. The Balaban J connectivity index is 0.00000338. The molecule has 0 aliphatic heterocycles. The number of nitrogens with zero attached hydrogens (tertiary/aromatic N) is 2. The summed E-state index contributed by atoms with van der Waals surface area (Å²) in [6, 6.07) is 8.09. The van der Waals surface area contributed by atoms with Crippen LogP contribution in [0.5, 0.6) is 0 Å². The maximum atomic E-state index is 12.5. The summed E-state index contributed by atoms with van der Waals surface area (Å²) in [6.45, 7) is 0.448. The van der Waals surface area contributed by atoms with E-state index in [4.69, 9.17) is 5.73 Å². The van der Waals surface area contributed by atoms with Crippen LogP contribution < -0.4 is 16.4 Å². The van der Waals surface area contributed by atoms with Crippen LogP contribution in [-0.4, -0.2) is 29.0 Å². The number of hydrogen-bond acceptors (Lipinski definition) is 5. The number of hydrogen-bond donors (Lipinski definition) is 3. The molecule has 0 aliphatic rings. The second-order valence-electron chi connectivity index (χ2n) is 5.24. The van der Waals surface area contributed by atoms with Crippen molar-refractivity contribution in [3.05, 3.63) is 47.8 Å². The summed E-state index contributed by atoms with van der Waals surface area (Å²) in [4.78, 5) is 18.8. The molecule has 0 saturated heterocycles. The van der Waals surface area contributed by atoms with Crippen LogP contribution in [0.15, 0.2) is 36.5 Å². The second kappa shape index (κ2) is 9.81. The summed E-state index contributed by atoms with van der Waals surface area (Å²) in [7, 11) is 0. The highest BCUT2D eigenvalue weighted by Gasteiger charge is 2.32. The number of para-hydroxylation sites is 1. The fraction of sp³-hybridized carbons (Fsp3) is 0.312. The fourth-order valence-corrected chi connectivity index (χ4v) is 2.08. The van der Waals surface area contributed by atoms with Crippen molar-refractivity contribution in [3.8, 4) is 0 Å². The van der Waals surface area contributed by atoms with E-state index in [-0.39, 0.29) is 43.8 Å². The van der Waals surface area contributed by atoms with Crippen LogP contribution in [-0.2, 0) is 17.4 Å². The Bertz CT molecular complexity index is 727. The van der Waals surface area contributed by atoms with Gasteiger partial charge in [0.05, 0.1) is 0 Å². The summed E-state index contributed by atoms with van der Waals surface area (Å²) in [5.41, 5.74) is 6.31. The van der Waals surface area contributed by atoms with Gasteiger partial charge in [0, 0.05) is 31.4 Å². The average Bonchev–Trinajstić information content (AvgIpc) is 2.57. The first-order valence-electron chi connectivity index (χ1n) is 7.60. The van der Waals surface area contributed by atoms with Crippen LogP contribution in [0.1, 0.15) is 17.7 Å². The minimum absolute atomic E-state index is 0. The SMILES string of the molecule is Cl.Nc1ccccc1CCC(=O)NCCNc1nccc(C(F)(F)F)n1. The number of aromatic nitrogens is 2. The van der Waals surface area contributed by atoms with Gasteiger partial charge in [-0.1, -0.05) is 18.2 Å². The molecule has 0 aliphatic carbocycles. The molecule has 0 bridgehead atoms. The summed E-state index contributed by atoms with van der Waals surface area (Å²) in [6.07, 6.45) is -2.70. The molecule has 0 fully saturated rings. The van der Waals surface area contributed by atoms with Gasteiger partial charge in [-0.25, -0.2) is 9.97 Å². The number of anilines is 2. The van der Waals surface area contributed by atoms with E-state index in [2.05, 4.69) is 20.6 Å². The molecule has 0 radical (unpaired) electrons. The van der Waals surface area contributed by atoms with Crippen LogP contribution in [0.3, 0.4) is 0 Å². The molecule has 142 valence electrons. The van der Waals surface area contributed by atoms with E-state index in [0.717, 1.165) is 17.8 Å². The Labute approximate surface area is 154 Å². The standard InChI is InChI=1S/C16H18F3N5O.ClH/c17-16(18,19)13-7-8-22-15(24-13)23-10-9-21-14(25)6-5-11-3-1-2-4-12(11)20;/h1-4,7-8H,5-6,9-10,20H2,(H,21,25)(H,22,23,24);1H. The second-order valence-corrected chi connectivity index (χ2v) is 5.24. The molecule has 1 aromatic heterocycles. The van der Waals surface area contributed by atoms with Crippen LogP contribution in [0.25, 0.3) is 0 Å². The quantitative estimate of drug-likeness (QED) is 0.500. The minimum atomic E-state index is -4.52. The fourth-order valence-electron chi connectivity index (χ4n) is 2.08. The third kappa shape index (κ3) is 6.75. The van der Waals surface area contributed by atoms with Crippen molar-refractivity contribution in [1.29, 1.82) is 0 Å². The Kier molecular flexibility index (Phi) is 8.11. The largest absolute Gasteiger partial charge is 0.433 e. The lowest BCUT2D eigenvalue weighted by Crippen LogP contribution is -2.29. The normalized spacial score (nSPS) is 10.7. The highest BCUT2D eigenvalue weighted by molar-refractivity contribution is 5.85. The molecule has 0 saturated carbocycles. The molecule has 0 spiro atoms. The maximum Gasteiger partial charge on any atom is 0.433 e. The Morgan fingerprint density at radius 1 is 1.15 bits per heavy atom. The van der Waals surface area contributed by atoms with Gasteiger partial charge >= 0.3 is 6.18 Å². The molecule has 1 amide bonds. The number of amides is 1. The van der Waals surface area contributed by atoms with Crippen molar-refractivity contribution in [2.24, 2.45) is 0 Å². The lowest BCUT2D eigenvalue weighted by Gasteiger charge is -2.09. The van der Waals surface area contributed by atoms with Gasteiger partial charge in [0.15, 0.2) is 0 Å². The van der Waals surface area contributed by atoms with Gasteiger partial charge in [0.1, 0.15) is 5.69 Å². The number of nitrogens with one attached hydrogen (secondary N) is 2. The van der Waals surface area contributed by atoms with Crippen LogP contribution >= 0.6 is 12.4 Å². The smallest absolute Gasteiger partial charge is 0.399 e. The monoisotopic (exact) mass is 389 g/mol. The lowest BCUT2D eigenvalue weighted by atomic mass is 10.1. The van der Waals surface area contributed by atoms with E-state index in [1.54, 1.807) is 6.07 Å². The van der Waals surface area contributed by atoms with Gasteiger partial charge in [-0.15, -0.1) is 12.4 Å². The van der Waals surface area contributed by atoms with Crippen LogP contribution in [0, 0.1) is 0 Å². The molecule has 10 heteroatoms. The zero-order valence-corrected chi connectivity index (χ0v) is 14.5. The van der Waals surface area contributed by atoms with Crippen molar-refractivity contribution in [2.75, 3.05) is 24.1 Å². The number of carbonyl (C=O) groups is 1. The Morgan fingerprint density at radius 2 is 1.88 bits per heavy atom. The molecule has 0 unspecified atom stereocenters. The number of aryl methyl sites for hydroxylation is 1. The van der Waals surface area contributed by atoms with E-state index in [1.165, 1.54) is 0 Å². The number of alkyl halides is 3. The van der Waals surface area contributed by atoms with E-state index in [0.29, 0.717) is 12.1 Å². The van der Waals surface area contributed by atoms with Gasteiger partial charge in [-0.05, 0) is 24.1 Å². The van der Waals surface area contributed by atoms with Crippen LogP contribution in [0.2, 0.25) is 0 Å². The van der Waals surface area contributed by atoms with Crippen molar-refractivity contribution < 1.29 is 18.0 Å². The molecule has 1 heterocycles. The van der Waals surface area contributed by atoms with E-state index < -0.39 is 11.9 Å². The molecule has 1 aromatic carbocycles. The predicted octanol–water partition coefficient (Wildman–Crippen LogP) is 2.66. The van der Waals surface area contributed by atoms with Gasteiger partial charge in [0.2, 0.25) is 11.9 Å². The Morgan fingerprint density at radius 3 is 2.58 bits per heavy atom. The number of benzene rings is 1. The molecular formula is C16H19ClF3N5O. The molecule has 26 heavy (non-hydrogen) atoms. The van der Waals surface area contributed by atoms with Crippen LogP contribution in [0.4, 0.5) is 24.8 Å². The van der Waals surface area contributed by atoms with E-state index in [1.807, 2.05) is 18.2 Å². The predicted molar refractivity (Wildman–Crippen MR) is 95.0 cm³/mol.